The molecule has 1 amide bonds. The molecule has 47 heavy (non-hydrogen) atoms. The number of carbonyl (C=O) groups excluding carboxylic acids is 2. The summed E-state index contributed by atoms with van der Waals surface area (Å²) in [6.07, 6.45) is -2.32. The number of carbonyl (C=O) groups is 2. The fourth-order valence-corrected chi connectivity index (χ4v) is 5.43. The maximum absolute atomic E-state index is 13.6. The zero-order valence-electron chi connectivity index (χ0n) is 26.7. The molecule has 0 unspecified atom stereocenters. The van der Waals surface area contributed by atoms with E-state index in [1.807, 2.05) is 36.4 Å². The molecular weight excluding hydrogens is 633 g/mol. The Balaban J connectivity index is 1.36. The van der Waals surface area contributed by atoms with Gasteiger partial charge in [0.2, 0.25) is 0 Å². The summed E-state index contributed by atoms with van der Waals surface area (Å²) in [5.41, 5.74) is -1.57. The topological polar surface area (TPSA) is 105 Å². The fraction of sp³-hybridized carbons (Fsp3) is 0.382. The number of nitrogens with zero attached hydrogens (tertiary/aromatic N) is 4. The van der Waals surface area contributed by atoms with Crippen molar-refractivity contribution < 1.29 is 37.0 Å². The van der Waals surface area contributed by atoms with Crippen molar-refractivity contribution in [3.05, 3.63) is 72.1 Å². The number of hydrogen-bond acceptors (Lipinski definition) is 8. The van der Waals surface area contributed by atoms with E-state index >= 15 is 0 Å². The first kappa shape index (κ1) is 35.3. The van der Waals surface area contributed by atoms with Crippen LogP contribution in [0.15, 0.2) is 60.8 Å². The first-order valence-electron chi connectivity index (χ1n) is 14.8. The number of benzene rings is 2. The Morgan fingerprint density at radius 1 is 0.979 bits per heavy atom. The highest BCUT2D eigenvalue weighted by atomic mass is 32.1. The molecule has 0 N–H and O–H groups in total. The van der Waals surface area contributed by atoms with Crippen LogP contribution in [0.25, 0.3) is 11.1 Å². The molecule has 13 heteroatoms. The van der Waals surface area contributed by atoms with Gasteiger partial charge in [-0.15, -0.1) is 0 Å². The number of hydrogen-bond donors (Lipinski definition) is 0. The molecule has 0 aliphatic carbocycles. The number of aromatic nitrogens is 1. The minimum Gasteiger partial charge on any atom is -0.494 e. The molecular formula is C34H35F3N4O5S. The van der Waals surface area contributed by atoms with Crippen LogP contribution < -0.4 is 14.5 Å². The molecule has 1 fully saturated rings. The summed E-state index contributed by atoms with van der Waals surface area (Å²) in [4.78, 5) is 31.4. The molecule has 0 saturated carbocycles. The van der Waals surface area contributed by atoms with Gasteiger partial charge in [0.05, 0.1) is 24.1 Å². The zero-order chi connectivity index (χ0) is 34.6. The van der Waals surface area contributed by atoms with E-state index in [1.165, 1.54) is 6.07 Å². The molecule has 0 atom stereocenters. The molecule has 1 aliphatic rings. The van der Waals surface area contributed by atoms with E-state index in [0.29, 0.717) is 24.7 Å². The minimum absolute atomic E-state index is 0.0107. The lowest BCUT2D eigenvalue weighted by Gasteiger charge is -2.29. The van der Waals surface area contributed by atoms with Gasteiger partial charge >= 0.3 is 12.1 Å². The first-order chi connectivity index (χ1) is 22.0. The number of thiocarbonyl (C=S) groups is 1. The number of alkyl halides is 3. The number of unbranched alkanes of at least 4 members (excludes halogenated alkanes) is 1. The smallest absolute Gasteiger partial charge is 0.419 e. The number of rotatable bonds is 11. The molecule has 1 aliphatic heterocycles. The van der Waals surface area contributed by atoms with E-state index in [1.54, 1.807) is 51.7 Å². The molecule has 248 valence electrons. The molecule has 1 aromatic heterocycles. The van der Waals surface area contributed by atoms with Crippen LogP contribution in [0.1, 0.15) is 58.7 Å². The Labute approximate surface area is 276 Å². The van der Waals surface area contributed by atoms with E-state index in [4.69, 9.17) is 31.7 Å². The van der Waals surface area contributed by atoms with Crippen LogP contribution >= 0.6 is 12.2 Å². The number of pyridine rings is 1. The van der Waals surface area contributed by atoms with Crippen molar-refractivity contribution in [1.82, 2.24) is 4.98 Å². The Morgan fingerprint density at radius 3 is 2.15 bits per heavy atom. The monoisotopic (exact) mass is 668 g/mol. The van der Waals surface area contributed by atoms with Gasteiger partial charge in [0, 0.05) is 12.3 Å². The lowest BCUT2D eigenvalue weighted by atomic mass is 10.0. The van der Waals surface area contributed by atoms with Gasteiger partial charge < -0.3 is 19.1 Å². The van der Waals surface area contributed by atoms with Gasteiger partial charge in [-0.05, 0) is 101 Å². The molecule has 0 radical (unpaired) electrons. The lowest BCUT2D eigenvalue weighted by molar-refractivity contribution is -0.160. The first-order valence-corrected chi connectivity index (χ1v) is 15.2. The van der Waals surface area contributed by atoms with Gasteiger partial charge in [0.1, 0.15) is 29.6 Å². The molecule has 1 saturated heterocycles. The highest BCUT2D eigenvalue weighted by Gasteiger charge is 2.51. The second kappa shape index (κ2) is 14.1. The van der Waals surface area contributed by atoms with Gasteiger partial charge in [-0.25, -0.2) is 9.78 Å². The van der Waals surface area contributed by atoms with Crippen molar-refractivity contribution >= 4 is 40.6 Å². The SMILES string of the molecule is CC(C)(C)OC(=O)COCCCCOc1ccc(-c2ccc(N3C(=S)N(c4cnc(C#N)c(C(F)(F)F)c4)C(=O)C3(C)C)cc2)cc1. The van der Waals surface area contributed by atoms with Gasteiger partial charge in [-0.3, -0.25) is 9.69 Å². The number of halogens is 3. The molecule has 9 nitrogen and oxygen atoms in total. The van der Waals surface area contributed by atoms with Crippen LogP contribution in [0.5, 0.6) is 5.75 Å². The van der Waals surface area contributed by atoms with E-state index in [0.717, 1.165) is 41.1 Å². The quantitative estimate of drug-likeness (QED) is 0.121. The Bertz CT molecular complexity index is 1660. The maximum atomic E-state index is 13.6. The van der Waals surface area contributed by atoms with Crippen LogP contribution in [0.4, 0.5) is 24.5 Å². The number of amides is 1. The third-order valence-corrected chi connectivity index (χ3v) is 7.48. The lowest BCUT2D eigenvalue weighted by Crippen LogP contribution is -2.44. The Kier molecular flexibility index (Phi) is 10.6. The maximum Gasteiger partial charge on any atom is 0.419 e. The Hall–Kier alpha value is -4.54. The summed E-state index contributed by atoms with van der Waals surface area (Å²) in [6, 6.07) is 17.0. The van der Waals surface area contributed by atoms with Gasteiger partial charge in [0.15, 0.2) is 10.8 Å². The summed E-state index contributed by atoms with van der Waals surface area (Å²) < 4.78 is 57.2. The van der Waals surface area contributed by atoms with Crippen molar-refractivity contribution in [2.45, 2.75) is 64.8 Å². The normalized spacial score (nSPS) is 14.7. The number of esters is 1. The predicted molar refractivity (Wildman–Crippen MR) is 174 cm³/mol. The average Bonchev–Trinajstić information content (AvgIpc) is 3.18. The summed E-state index contributed by atoms with van der Waals surface area (Å²) in [7, 11) is 0. The fourth-order valence-electron chi connectivity index (χ4n) is 4.91. The van der Waals surface area contributed by atoms with E-state index in [-0.39, 0.29) is 17.4 Å². The third kappa shape index (κ3) is 8.44. The van der Waals surface area contributed by atoms with Crippen LogP contribution in [0.3, 0.4) is 0 Å². The Morgan fingerprint density at radius 2 is 1.57 bits per heavy atom. The van der Waals surface area contributed by atoms with Crippen LogP contribution in [-0.2, 0) is 25.2 Å². The summed E-state index contributed by atoms with van der Waals surface area (Å²) in [5, 5.41) is 9.08. The summed E-state index contributed by atoms with van der Waals surface area (Å²) in [5.74, 6) is -0.221. The van der Waals surface area contributed by atoms with E-state index in [9.17, 15) is 22.8 Å². The zero-order valence-corrected chi connectivity index (χ0v) is 27.5. The minimum atomic E-state index is -4.84. The summed E-state index contributed by atoms with van der Waals surface area (Å²) >= 11 is 5.60. The molecule has 3 aromatic rings. The van der Waals surface area contributed by atoms with Crippen molar-refractivity contribution in [3.63, 3.8) is 0 Å². The highest BCUT2D eigenvalue weighted by molar-refractivity contribution is 7.81. The molecule has 0 bridgehead atoms. The largest absolute Gasteiger partial charge is 0.494 e. The third-order valence-electron chi connectivity index (χ3n) is 7.12. The van der Waals surface area contributed by atoms with E-state index < -0.39 is 40.5 Å². The van der Waals surface area contributed by atoms with Crippen LogP contribution in [0, 0.1) is 11.3 Å². The van der Waals surface area contributed by atoms with Gasteiger partial charge in [-0.1, -0.05) is 24.3 Å². The van der Waals surface area contributed by atoms with E-state index in [2.05, 4.69) is 4.98 Å². The van der Waals surface area contributed by atoms with Gasteiger partial charge in [0.25, 0.3) is 5.91 Å². The van der Waals surface area contributed by atoms with Crippen LogP contribution in [-0.4, -0.2) is 52.9 Å². The average molecular weight is 669 g/mol. The highest BCUT2D eigenvalue weighted by Crippen LogP contribution is 2.39. The molecule has 4 rings (SSSR count). The molecule has 0 spiro atoms. The molecule has 2 aromatic carbocycles. The number of anilines is 2. The summed E-state index contributed by atoms with van der Waals surface area (Å²) in [6.45, 7) is 9.51. The van der Waals surface area contributed by atoms with Crippen molar-refractivity contribution in [2.75, 3.05) is 29.6 Å². The predicted octanol–water partition coefficient (Wildman–Crippen LogP) is 7.07. The molecule has 2 heterocycles. The van der Waals surface area contributed by atoms with Crippen LogP contribution in [0.2, 0.25) is 0 Å². The second-order valence-electron chi connectivity index (χ2n) is 12.3. The number of nitriles is 1. The van der Waals surface area contributed by atoms with Gasteiger partial charge in [-0.2, -0.15) is 18.4 Å². The standard InChI is InChI=1S/C34H35F3N4O5S/c1-32(2,3)46-29(42)21-44-16-6-7-17-45-26-14-10-23(11-15-26)22-8-12-24(13-9-22)41-31(47)40(30(43)33(41,4)5)25-18-27(34(35,36)37)28(19-38)39-20-25/h8-15,18,20H,6-7,16-17,21H2,1-5H3. The number of ether oxygens (including phenoxy) is 3. The van der Waals surface area contributed by atoms with Crippen molar-refractivity contribution in [3.8, 4) is 22.9 Å². The van der Waals surface area contributed by atoms with Crippen molar-refractivity contribution in [1.29, 1.82) is 5.26 Å². The second-order valence-corrected chi connectivity index (χ2v) is 12.6. The van der Waals surface area contributed by atoms with Crippen molar-refractivity contribution in [2.24, 2.45) is 0 Å².